The van der Waals surface area contributed by atoms with Crippen molar-refractivity contribution in [1.29, 1.82) is 0 Å². The Morgan fingerprint density at radius 1 is 0.632 bits per heavy atom. The number of rotatable bonds is 1. The van der Waals surface area contributed by atoms with E-state index in [1.54, 1.807) is 0 Å². The lowest BCUT2D eigenvalue weighted by Crippen LogP contribution is -1.86. The summed E-state index contributed by atoms with van der Waals surface area (Å²) in [4.78, 5) is 0. The van der Waals surface area contributed by atoms with E-state index in [0.717, 1.165) is 6.07 Å². The zero-order chi connectivity index (χ0) is 14.3. The van der Waals surface area contributed by atoms with Crippen molar-refractivity contribution in [3.05, 3.63) is 23.8 Å². The molecule has 6 N–H and O–H groups in total. The number of aromatic hydroxyl groups is 6. The molecule has 0 aromatic heterocycles. The Morgan fingerprint density at radius 2 is 1.21 bits per heavy atom. The van der Waals surface area contributed by atoms with Crippen molar-refractivity contribution in [2.45, 2.75) is 6.92 Å². The van der Waals surface area contributed by atoms with E-state index in [0.29, 0.717) is 0 Å². The summed E-state index contributed by atoms with van der Waals surface area (Å²) in [6, 6.07) is 3.72. The number of hydrogen-bond donors (Lipinski definition) is 6. The van der Waals surface area contributed by atoms with Crippen molar-refractivity contribution < 1.29 is 30.6 Å². The topological polar surface area (TPSA) is 121 Å². The van der Waals surface area contributed by atoms with Crippen LogP contribution in [0.25, 0.3) is 11.1 Å². The maximum Gasteiger partial charge on any atom is 0.201 e. The number of hydrogen-bond acceptors (Lipinski definition) is 6. The zero-order valence-electron chi connectivity index (χ0n) is 9.92. The maximum atomic E-state index is 9.78. The lowest BCUT2D eigenvalue weighted by Gasteiger charge is -2.12. The van der Waals surface area contributed by atoms with Crippen LogP contribution < -0.4 is 0 Å². The van der Waals surface area contributed by atoms with Gasteiger partial charge in [0.2, 0.25) is 11.5 Å². The minimum absolute atomic E-state index is 0.00574. The molecule has 0 bridgehead atoms. The first kappa shape index (κ1) is 12.7. The van der Waals surface area contributed by atoms with Gasteiger partial charge in [0.1, 0.15) is 0 Å². The molecule has 2 rings (SSSR count). The predicted octanol–water partition coefficient (Wildman–Crippen LogP) is 1.90. The smallest absolute Gasteiger partial charge is 0.201 e. The van der Waals surface area contributed by atoms with Crippen LogP contribution in [0.4, 0.5) is 0 Å². The third-order valence-electron chi connectivity index (χ3n) is 2.86. The largest absolute Gasteiger partial charge is 0.504 e. The fourth-order valence-corrected chi connectivity index (χ4v) is 1.77. The lowest BCUT2D eigenvalue weighted by atomic mass is 9.99. The predicted molar refractivity (Wildman–Crippen MR) is 66.6 cm³/mol. The average molecular weight is 264 g/mol. The minimum Gasteiger partial charge on any atom is -0.504 e. The number of phenolic OH excluding ortho intramolecular Hbond substituents is 6. The maximum absolute atomic E-state index is 9.78. The summed E-state index contributed by atoms with van der Waals surface area (Å²) in [6.07, 6.45) is 0. The summed E-state index contributed by atoms with van der Waals surface area (Å²) >= 11 is 0. The summed E-state index contributed by atoms with van der Waals surface area (Å²) in [5, 5.41) is 57.2. The molecular weight excluding hydrogens is 252 g/mol. The molecule has 0 atom stereocenters. The van der Waals surface area contributed by atoms with E-state index in [9.17, 15) is 30.6 Å². The average Bonchev–Trinajstić information content (AvgIpc) is 2.39. The number of benzene rings is 2. The van der Waals surface area contributed by atoms with Crippen molar-refractivity contribution in [3.63, 3.8) is 0 Å². The van der Waals surface area contributed by atoms with Crippen LogP contribution in [0.2, 0.25) is 0 Å². The standard InChI is InChI=1S/C13H12O6/c1-5-4-7(11(17)13(19)9(5)15)6-2-3-8(14)12(18)10(6)16/h2-4,14-19H,1H3. The monoisotopic (exact) mass is 264 g/mol. The Morgan fingerprint density at radius 3 is 1.84 bits per heavy atom. The van der Waals surface area contributed by atoms with Crippen molar-refractivity contribution >= 4 is 0 Å². The fourth-order valence-electron chi connectivity index (χ4n) is 1.77. The van der Waals surface area contributed by atoms with Gasteiger partial charge in [-0.15, -0.1) is 0 Å². The molecule has 2 aromatic rings. The number of aryl methyl sites for hydroxylation is 1. The Kier molecular flexibility index (Phi) is 2.78. The molecule has 0 saturated carbocycles. The van der Waals surface area contributed by atoms with Gasteiger partial charge in [0.25, 0.3) is 0 Å². The normalized spacial score (nSPS) is 10.6. The summed E-state index contributed by atoms with van der Waals surface area (Å²) in [6.45, 7) is 1.50. The molecule has 0 amide bonds. The van der Waals surface area contributed by atoms with Crippen LogP contribution in [-0.4, -0.2) is 30.6 Å². The third-order valence-corrected chi connectivity index (χ3v) is 2.86. The second-order valence-corrected chi connectivity index (χ2v) is 4.12. The Balaban J connectivity index is 2.77. The highest BCUT2D eigenvalue weighted by atomic mass is 16.3. The molecule has 2 aromatic carbocycles. The van der Waals surface area contributed by atoms with E-state index >= 15 is 0 Å². The van der Waals surface area contributed by atoms with Gasteiger partial charge in [0.05, 0.1) is 0 Å². The van der Waals surface area contributed by atoms with E-state index in [2.05, 4.69) is 0 Å². The number of phenols is 6. The molecule has 6 heteroatoms. The Hall–Kier alpha value is -2.76. The highest BCUT2D eigenvalue weighted by molar-refractivity contribution is 5.82. The van der Waals surface area contributed by atoms with Crippen LogP contribution in [-0.2, 0) is 0 Å². The zero-order valence-corrected chi connectivity index (χ0v) is 9.92. The van der Waals surface area contributed by atoms with Crippen LogP contribution in [0.3, 0.4) is 0 Å². The molecule has 0 heterocycles. The molecule has 0 saturated heterocycles. The highest BCUT2D eigenvalue weighted by Gasteiger charge is 2.20. The molecule has 0 aliphatic heterocycles. The highest BCUT2D eigenvalue weighted by Crippen LogP contribution is 2.49. The van der Waals surface area contributed by atoms with Crippen molar-refractivity contribution in [3.8, 4) is 45.6 Å². The van der Waals surface area contributed by atoms with Crippen molar-refractivity contribution in [1.82, 2.24) is 0 Å². The van der Waals surface area contributed by atoms with Gasteiger partial charge in [-0.3, -0.25) is 0 Å². The molecule has 0 aliphatic carbocycles. The Labute approximate surface area is 108 Å². The first-order valence-corrected chi connectivity index (χ1v) is 5.33. The molecule has 19 heavy (non-hydrogen) atoms. The summed E-state index contributed by atoms with van der Waals surface area (Å²) < 4.78 is 0. The van der Waals surface area contributed by atoms with Gasteiger partial charge in [-0.25, -0.2) is 0 Å². The lowest BCUT2D eigenvalue weighted by molar-refractivity contribution is 0.364. The summed E-state index contributed by atoms with van der Waals surface area (Å²) in [5.41, 5.74) is 0.295. The van der Waals surface area contributed by atoms with Gasteiger partial charge in [-0.1, -0.05) is 0 Å². The molecule has 0 spiro atoms. The first-order valence-electron chi connectivity index (χ1n) is 5.33. The SMILES string of the molecule is Cc1cc(-c2ccc(O)c(O)c2O)c(O)c(O)c1O. The first-order chi connectivity index (χ1) is 8.84. The van der Waals surface area contributed by atoms with Crippen molar-refractivity contribution in [2.75, 3.05) is 0 Å². The van der Waals surface area contributed by atoms with E-state index in [4.69, 9.17) is 0 Å². The molecule has 0 aliphatic rings. The Bertz CT molecular complexity index is 663. The van der Waals surface area contributed by atoms with Crippen LogP contribution in [0, 0.1) is 6.92 Å². The quantitative estimate of drug-likeness (QED) is 0.437. The van der Waals surface area contributed by atoms with Crippen molar-refractivity contribution in [2.24, 2.45) is 0 Å². The van der Waals surface area contributed by atoms with Gasteiger partial charge in [-0.05, 0) is 30.7 Å². The van der Waals surface area contributed by atoms with E-state index < -0.39 is 34.5 Å². The van der Waals surface area contributed by atoms with Gasteiger partial charge < -0.3 is 30.6 Å². The van der Waals surface area contributed by atoms with Crippen LogP contribution >= 0.6 is 0 Å². The molecule has 100 valence electrons. The second kappa shape index (κ2) is 4.16. The van der Waals surface area contributed by atoms with Gasteiger partial charge in [0.15, 0.2) is 23.0 Å². The molecule has 0 radical (unpaired) electrons. The van der Waals surface area contributed by atoms with Gasteiger partial charge in [0, 0.05) is 11.1 Å². The van der Waals surface area contributed by atoms with E-state index in [-0.39, 0.29) is 16.7 Å². The summed E-state index contributed by atoms with van der Waals surface area (Å²) in [5.74, 6) is -3.71. The van der Waals surface area contributed by atoms with Gasteiger partial charge >= 0.3 is 0 Å². The minimum atomic E-state index is -0.734. The molecular formula is C13H12O6. The second-order valence-electron chi connectivity index (χ2n) is 4.12. The van der Waals surface area contributed by atoms with Crippen LogP contribution in [0.5, 0.6) is 34.5 Å². The van der Waals surface area contributed by atoms with E-state index in [1.807, 2.05) is 0 Å². The van der Waals surface area contributed by atoms with Crippen LogP contribution in [0.15, 0.2) is 18.2 Å². The molecule has 0 fully saturated rings. The molecule has 6 nitrogen and oxygen atoms in total. The third kappa shape index (κ3) is 1.83. The van der Waals surface area contributed by atoms with Crippen LogP contribution in [0.1, 0.15) is 5.56 Å². The van der Waals surface area contributed by atoms with E-state index in [1.165, 1.54) is 19.1 Å². The fraction of sp³-hybridized carbons (Fsp3) is 0.0769. The summed E-state index contributed by atoms with van der Waals surface area (Å²) in [7, 11) is 0. The molecule has 0 unspecified atom stereocenters. The van der Waals surface area contributed by atoms with Gasteiger partial charge in [-0.2, -0.15) is 0 Å².